The number of azo groups is 2. The highest BCUT2D eigenvalue weighted by Crippen LogP contribution is 2.42. The van der Waals surface area contributed by atoms with E-state index in [1.54, 1.807) is 111 Å². The number of aryl methyl sites for hydroxylation is 2. The lowest BCUT2D eigenvalue weighted by atomic mass is 10.0. The summed E-state index contributed by atoms with van der Waals surface area (Å²) in [4.78, 5) is 27.5. The Hall–Kier alpha value is -6.04. The molecule has 0 aliphatic heterocycles. The molecule has 0 heterocycles. The first kappa shape index (κ1) is 38.2. The van der Waals surface area contributed by atoms with E-state index in [1.807, 2.05) is 0 Å². The predicted molar refractivity (Wildman–Crippen MR) is 224 cm³/mol. The van der Waals surface area contributed by atoms with E-state index in [0.29, 0.717) is 64.1 Å². The number of aromatic hydroxyl groups is 2. The lowest BCUT2D eigenvalue weighted by molar-refractivity contribution is 0.101. The average Bonchev–Trinajstić information content (AvgIpc) is 3.17. The number of hydrogen-bond acceptors (Lipinski definition) is 8. The van der Waals surface area contributed by atoms with Gasteiger partial charge in [0.05, 0.1) is 21.2 Å². The number of rotatable bonds is 8. The molecule has 4 N–H and O–H groups in total. The molecule has 0 atom stereocenters. The molecule has 7 aromatic carbocycles. The standard InChI is InChI=1S/C42H28Cl4N6O4/c1-21-15-27(47-41(55)30-17-23-7-3-5-9-28(23)37(39(30)53)51-49-34-19-25(43)11-13-32(34)45)16-22(2)36(21)48-42(56)31-18-24-8-4-6-10-29(24)38(40(31)54)52-50-35-20-26(44)12-14-33(35)46/h3-20,53-54H,1-2H3,(H,47,55)(H,48,56). The van der Waals surface area contributed by atoms with Gasteiger partial charge in [-0.2, -0.15) is 0 Å². The van der Waals surface area contributed by atoms with Gasteiger partial charge in [0.15, 0.2) is 11.5 Å². The van der Waals surface area contributed by atoms with Crippen LogP contribution in [0.3, 0.4) is 0 Å². The van der Waals surface area contributed by atoms with Crippen molar-refractivity contribution in [2.75, 3.05) is 10.6 Å². The Morgan fingerprint density at radius 3 is 1.43 bits per heavy atom. The lowest BCUT2D eigenvalue weighted by Crippen LogP contribution is -2.16. The number of benzene rings is 7. The largest absolute Gasteiger partial charge is 0.505 e. The van der Waals surface area contributed by atoms with Gasteiger partial charge in [0, 0.05) is 32.2 Å². The van der Waals surface area contributed by atoms with Gasteiger partial charge in [0.25, 0.3) is 11.8 Å². The second-order valence-electron chi connectivity index (χ2n) is 12.7. The highest BCUT2D eigenvalue weighted by Gasteiger charge is 2.22. The van der Waals surface area contributed by atoms with Crippen molar-refractivity contribution in [3.05, 3.63) is 152 Å². The van der Waals surface area contributed by atoms with E-state index < -0.39 is 11.8 Å². The van der Waals surface area contributed by atoms with Crippen LogP contribution in [0.2, 0.25) is 20.1 Å². The molecule has 0 aliphatic carbocycles. The molecule has 0 fully saturated rings. The Morgan fingerprint density at radius 2 is 0.964 bits per heavy atom. The molecule has 0 saturated carbocycles. The summed E-state index contributed by atoms with van der Waals surface area (Å²) in [6.07, 6.45) is 0. The molecule has 0 saturated heterocycles. The summed E-state index contributed by atoms with van der Waals surface area (Å²) in [6, 6.07) is 30.2. The fraction of sp³-hybridized carbons (Fsp3) is 0.0476. The Balaban J connectivity index is 1.17. The Labute approximate surface area is 340 Å². The number of phenolic OH excluding ortho intramolecular Hbond substituents is 2. The predicted octanol–water partition coefficient (Wildman–Crippen LogP) is 14.0. The third kappa shape index (κ3) is 7.87. The van der Waals surface area contributed by atoms with Gasteiger partial charge in [0.1, 0.15) is 22.7 Å². The molecule has 0 unspecified atom stereocenters. The zero-order valence-electron chi connectivity index (χ0n) is 29.4. The Morgan fingerprint density at radius 1 is 0.536 bits per heavy atom. The number of carbonyl (C=O) groups excluding carboxylic acids is 2. The van der Waals surface area contributed by atoms with Crippen molar-refractivity contribution >= 4 is 114 Å². The zero-order chi connectivity index (χ0) is 39.7. The average molecular weight is 823 g/mol. The fourth-order valence-electron chi connectivity index (χ4n) is 6.13. The summed E-state index contributed by atoms with van der Waals surface area (Å²) >= 11 is 24.8. The monoisotopic (exact) mass is 820 g/mol. The van der Waals surface area contributed by atoms with Gasteiger partial charge < -0.3 is 20.8 Å². The van der Waals surface area contributed by atoms with Crippen molar-refractivity contribution < 1.29 is 19.8 Å². The first-order valence-corrected chi connectivity index (χ1v) is 18.4. The van der Waals surface area contributed by atoms with Gasteiger partial charge in [-0.1, -0.05) is 94.9 Å². The van der Waals surface area contributed by atoms with Crippen LogP contribution < -0.4 is 10.6 Å². The number of nitrogens with one attached hydrogen (secondary N) is 2. The van der Waals surface area contributed by atoms with Crippen molar-refractivity contribution in [1.29, 1.82) is 0 Å². The summed E-state index contributed by atoms with van der Waals surface area (Å²) < 4.78 is 0. The van der Waals surface area contributed by atoms with Crippen LogP contribution in [-0.2, 0) is 0 Å². The lowest BCUT2D eigenvalue weighted by Gasteiger charge is -2.16. The maximum atomic E-state index is 13.8. The molecule has 0 spiro atoms. The number of hydrogen-bond donors (Lipinski definition) is 4. The SMILES string of the molecule is Cc1cc(NC(=O)c2cc3ccccc3c(N=Nc3cc(Cl)ccc3Cl)c2O)cc(C)c1NC(=O)c1cc2ccccc2c(N=Nc2cc(Cl)ccc2Cl)c1O. The zero-order valence-corrected chi connectivity index (χ0v) is 32.4. The summed E-state index contributed by atoms with van der Waals surface area (Å²) in [5.41, 5.74) is 2.73. The van der Waals surface area contributed by atoms with Crippen molar-refractivity contribution in [3.8, 4) is 11.5 Å². The van der Waals surface area contributed by atoms with Gasteiger partial charge in [-0.3, -0.25) is 9.59 Å². The molecule has 0 radical (unpaired) electrons. The van der Waals surface area contributed by atoms with Crippen molar-refractivity contribution in [2.24, 2.45) is 20.5 Å². The van der Waals surface area contributed by atoms with Gasteiger partial charge >= 0.3 is 0 Å². The van der Waals surface area contributed by atoms with Crippen molar-refractivity contribution in [1.82, 2.24) is 0 Å². The number of nitrogens with zero attached hydrogens (tertiary/aromatic N) is 4. The first-order valence-electron chi connectivity index (χ1n) is 16.8. The van der Waals surface area contributed by atoms with Crippen LogP contribution in [0.4, 0.5) is 34.1 Å². The third-order valence-corrected chi connectivity index (χ3v) is 9.95. The van der Waals surface area contributed by atoms with Gasteiger partial charge in [-0.25, -0.2) is 0 Å². The smallest absolute Gasteiger partial charge is 0.259 e. The van der Waals surface area contributed by atoms with Gasteiger partial charge in [-0.05, 0) is 96.4 Å². The van der Waals surface area contributed by atoms with E-state index in [2.05, 4.69) is 31.1 Å². The minimum Gasteiger partial charge on any atom is -0.505 e. The quantitative estimate of drug-likeness (QED) is 0.113. The minimum absolute atomic E-state index is 0.0385. The number of carbonyl (C=O) groups is 2. The number of halogens is 4. The normalized spacial score (nSPS) is 11.5. The molecule has 2 amide bonds. The highest BCUT2D eigenvalue weighted by molar-refractivity contribution is 6.35. The molecular formula is C42H28Cl4N6O4. The van der Waals surface area contributed by atoms with Gasteiger partial charge in [0.2, 0.25) is 0 Å². The van der Waals surface area contributed by atoms with Crippen LogP contribution in [0, 0.1) is 13.8 Å². The van der Waals surface area contributed by atoms with Crippen LogP contribution in [0.15, 0.2) is 130 Å². The number of amides is 2. The molecule has 0 aromatic heterocycles. The molecule has 56 heavy (non-hydrogen) atoms. The van der Waals surface area contributed by atoms with Crippen LogP contribution in [-0.4, -0.2) is 22.0 Å². The molecule has 0 aliphatic rings. The summed E-state index contributed by atoms with van der Waals surface area (Å²) in [5, 5.41) is 49.3. The van der Waals surface area contributed by atoms with E-state index >= 15 is 0 Å². The van der Waals surface area contributed by atoms with E-state index in [1.165, 1.54) is 12.1 Å². The maximum Gasteiger partial charge on any atom is 0.259 e. The second kappa shape index (κ2) is 16.0. The Bertz CT molecular complexity index is 2790. The topological polar surface area (TPSA) is 148 Å². The fourth-order valence-corrected chi connectivity index (χ4v) is 6.77. The molecular weight excluding hydrogens is 794 g/mol. The van der Waals surface area contributed by atoms with Gasteiger partial charge in [-0.15, -0.1) is 20.5 Å². The Kier molecular flexibility index (Phi) is 10.9. The van der Waals surface area contributed by atoms with Crippen LogP contribution in [0.5, 0.6) is 11.5 Å². The first-order chi connectivity index (χ1) is 26.9. The molecule has 7 aromatic rings. The van der Waals surface area contributed by atoms with Crippen LogP contribution >= 0.6 is 46.4 Å². The minimum atomic E-state index is -0.608. The molecule has 278 valence electrons. The van der Waals surface area contributed by atoms with Crippen molar-refractivity contribution in [3.63, 3.8) is 0 Å². The van der Waals surface area contributed by atoms with E-state index in [-0.39, 0.29) is 45.4 Å². The summed E-state index contributed by atoms with van der Waals surface area (Å²) in [7, 11) is 0. The molecule has 14 heteroatoms. The van der Waals surface area contributed by atoms with Crippen LogP contribution in [0.25, 0.3) is 21.5 Å². The second-order valence-corrected chi connectivity index (χ2v) is 14.4. The van der Waals surface area contributed by atoms with Crippen molar-refractivity contribution in [2.45, 2.75) is 13.8 Å². The highest BCUT2D eigenvalue weighted by atomic mass is 35.5. The third-order valence-electron chi connectivity index (χ3n) is 8.84. The number of fused-ring (bicyclic) bond motifs is 2. The number of phenols is 2. The molecule has 7 rings (SSSR count). The molecule has 10 nitrogen and oxygen atoms in total. The summed E-state index contributed by atoms with van der Waals surface area (Å²) in [5.74, 6) is -1.98. The summed E-state index contributed by atoms with van der Waals surface area (Å²) in [6.45, 7) is 3.53. The van der Waals surface area contributed by atoms with E-state index in [4.69, 9.17) is 46.4 Å². The van der Waals surface area contributed by atoms with Crippen LogP contribution in [0.1, 0.15) is 31.8 Å². The van der Waals surface area contributed by atoms with E-state index in [9.17, 15) is 19.8 Å². The molecule has 0 bridgehead atoms. The van der Waals surface area contributed by atoms with E-state index in [0.717, 1.165) is 0 Å². The maximum absolute atomic E-state index is 13.8. The number of anilines is 2.